The van der Waals surface area contributed by atoms with Crippen molar-refractivity contribution >= 4 is 7.92 Å². The third-order valence-electron chi connectivity index (χ3n) is 5.39. The van der Waals surface area contributed by atoms with Gasteiger partial charge in [-0.2, -0.15) is 0 Å². The van der Waals surface area contributed by atoms with Gasteiger partial charge in [0.25, 0.3) is 0 Å². The molecule has 0 aliphatic heterocycles. The van der Waals surface area contributed by atoms with Crippen molar-refractivity contribution in [1.82, 2.24) is 0 Å². The second kappa shape index (κ2) is 14.3. The van der Waals surface area contributed by atoms with Crippen molar-refractivity contribution in [1.29, 1.82) is 0 Å². The molecule has 0 nitrogen and oxygen atoms in total. The minimum absolute atomic E-state index is 0. The van der Waals surface area contributed by atoms with Crippen molar-refractivity contribution < 1.29 is 17.1 Å². The minimum Gasteiger partial charge on any atom is -0.110 e. The zero-order valence-corrected chi connectivity index (χ0v) is 18.6. The molecule has 0 N–H and O–H groups in total. The zero-order chi connectivity index (χ0) is 16.4. The summed E-state index contributed by atoms with van der Waals surface area (Å²) >= 11 is 0. The fourth-order valence-electron chi connectivity index (χ4n) is 4.01. The Balaban J connectivity index is 0. The molecule has 2 aliphatic rings. The summed E-state index contributed by atoms with van der Waals surface area (Å²) in [7, 11) is 0.327. The third kappa shape index (κ3) is 9.30. The van der Waals surface area contributed by atoms with E-state index in [4.69, 9.17) is 0 Å². The zero-order valence-electron chi connectivity index (χ0n) is 16.6. The molecular weight excluding hydrogens is 327 g/mol. The van der Waals surface area contributed by atoms with Gasteiger partial charge in [0.05, 0.1) is 0 Å². The second-order valence-electron chi connectivity index (χ2n) is 7.66. The molecule has 0 aromatic heterocycles. The summed E-state index contributed by atoms with van der Waals surface area (Å²) in [6, 6.07) is 0. The smallest absolute Gasteiger partial charge is 0 e. The van der Waals surface area contributed by atoms with E-state index in [1.54, 1.807) is 0 Å². The molecular formula is C20H43FeP. The molecule has 2 rings (SSSR count). The molecule has 2 unspecified atom stereocenters. The van der Waals surface area contributed by atoms with Crippen LogP contribution in [0.5, 0.6) is 0 Å². The van der Waals surface area contributed by atoms with E-state index in [1.165, 1.54) is 44.9 Å². The van der Waals surface area contributed by atoms with Crippen LogP contribution in [-0.4, -0.2) is 19.0 Å². The summed E-state index contributed by atoms with van der Waals surface area (Å²) in [5.41, 5.74) is 1.09. The van der Waals surface area contributed by atoms with Gasteiger partial charge >= 0.3 is 0 Å². The van der Waals surface area contributed by atoms with Gasteiger partial charge in [0.15, 0.2) is 0 Å². The van der Waals surface area contributed by atoms with Gasteiger partial charge in [0, 0.05) is 17.1 Å². The summed E-state index contributed by atoms with van der Waals surface area (Å²) in [5.74, 6) is 3.98. The van der Waals surface area contributed by atoms with E-state index in [0.717, 1.165) is 29.3 Å². The van der Waals surface area contributed by atoms with Crippen molar-refractivity contribution in [3.05, 3.63) is 0 Å². The van der Waals surface area contributed by atoms with Gasteiger partial charge in [-0.05, 0) is 55.5 Å². The summed E-state index contributed by atoms with van der Waals surface area (Å²) < 4.78 is 0. The van der Waals surface area contributed by atoms with Crippen LogP contribution in [0.3, 0.4) is 0 Å². The molecule has 0 heterocycles. The second-order valence-corrected chi connectivity index (χ2v) is 10.2. The molecule has 0 bridgehead atoms. The quantitative estimate of drug-likeness (QED) is 0.358. The largest absolute Gasteiger partial charge is 0.110 e. The molecule has 136 valence electrons. The van der Waals surface area contributed by atoms with Crippen molar-refractivity contribution in [3.63, 3.8) is 0 Å². The first-order chi connectivity index (χ1) is 9.93. The predicted octanol–water partition coefficient (Wildman–Crippen LogP) is 7.41. The van der Waals surface area contributed by atoms with Crippen LogP contribution in [0.15, 0.2) is 0 Å². The van der Waals surface area contributed by atoms with Crippen molar-refractivity contribution in [2.75, 3.05) is 13.3 Å². The Morgan fingerprint density at radius 1 is 0.727 bits per heavy atom. The van der Waals surface area contributed by atoms with Crippen LogP contribution in [0.4, 0.5) is 0 Å². The third-order valence-corrected chi connectivity index (χ3v) is 7.36. The molecule has 0 aromatic rings. The van der Waals surface area contributed by atoms with Crippen LogP contribution < -0.4 is 0 Å². The average molecular weight is 370 g/mol. The Morgan fingerprint density at radius 3 is 1.50 bits per heavy atom. The van der Waals surface area contributed by atoms with Crippen molar-refractivity contribution in [2.45, 2.75) is 92.1 Å². The average Bonchev–Trinajstić information content (AvgIpc) is 3.13. The van der Waals surface area contributed by atoms with Crippen molar-refractivity contribution in [2.24, 2.45) is 23.7 Å². The topological polar surface area (TPSA) is 0 Å². The van der Waals surface area contributed by atoms with E-state index in [1.807, 2.05) is 13.8 Å². The number of hydrogen-bond acceptors (Lipinski definition) is 0. The van der Waals surface area contributed by atoms with Gasteiger partial charge in [0.2, 0.25) is 0 Å². The van der Waals surface area contributed by atoms with Gasteiger partial charge < -0.3 is 0 Å². The van der Waals surface area contributed by atoms with E-state index in [0.29, 0.717) is 7.92 Å². The summed E-state index contributed by atoms with van der Waals surface area (Å²) in [6.07, 6.45) is 10.5. The number of rotatable bonds is 3. The summed E-state index contributed by atoms with van der Waals surface area (Å²) in [5, 5.41) is 0. The van der Waals surface area contributed by atoms with E-state index in [2.05, 4.69) is 41.0 Å². The maximum atomic E-state index is 2.45. The SMILES string of the molecule is CC.CC(C)C1CCCC1.CC(C)C1CCCC1P(C)C.[Fe]. The van der Waals surface area contributed by atoms with Crippen LogP contribution in [0.25, 0.3) is 0 Å². The molecule has 2 atom stereocenters. The van der Waals surface area contributed by atoms with E-state index >= 15 is 0 Å². The van der Waals surface area contributed by atoms with Gasteiger partial charge in [-0.3, -0.25) is 0 Å². The fourth-order valence-corrected chi connectivity index (χ4v) is 5.97. The Labute approximate surface area is 154 Å². The maximum absolute atomic E-state index is 2.45. The molecule has 2 saturated carbocycles. The Morgan fingerprint density at radius 2 is 1.23 bits per heavy atom. The van der Waals surface area contributed by atoms with E-state index in [9.17, 15) is 0 Å². The standard InChI is InChI=1S/C10H21P.C8H16.C2H6.Fe/c1-8(2)9-6-5-7-10(9)11(3)4;1-7(2)8-5-3-4-6-8;1-2;/h8-10H,5-7H2,1-4H3;7-8H,3-6H2,1-2H3;1-2H3;. The van der Waals surface area contributed by atoms with Crippen LogP contribution in [0.1, 0.15) is 86.5 Å². The molecule has 0 spiro atoms. The van der Waals surface area contributed by atoms with Gasteiger partial charge in [0.1, 0.15) is 0 Å². The molecule has 0 radical (unpaired) electrons. The molecule has 2 heteroatoms. The van der Waals surface area contributed by atoms with Crippen LogP contribution in [0, 0.1) is 23.7 Å². The molecule has 0 saturated heterocycles. The van der Waals surface area contributed by atoms with Crippen LogP contribution >= 0.6 is 7.92 Å². The molecule has 2 fully saturated rings. The van der Waals surface area contributed by atoms with Crippen LogP contribution in [0.2, 0.25) is 0 Å². The Hall–Kier alpha value is 0.949. The summed E-state index contributed by atoms with van der Waals surface area (Å²) in [4.78, 5) is 0. The molecule has 2 aliphatic carbocycles. The van der Waals surface area contributed by atoms with E-state index < -0.39 is 0 Å². The Bertz CT molecular complexity index is 218. The minimum atomic E-state index is 0. The van der Waals surface area contributed by atoms with Gasteiger partial charge in [-0.25, -0.2) is 0 Å². The fraction of sp³-hybridized carbons (Fsp3) is 1.00. The summed E-state index contributed by atoms with van der Waals surface area (Å²) in [6.45, 7) is 18.4. The van der Waals surface area contributed by atoms with Gasteiger partial charge in [-0.1, -0.05) is 73.6 Å². The molecule has 22 heavy (non-hydrogen) atoms. The van der Waals surface area contributed by atoms with Crippen LogP contribution in [-0.2, 0) is 17.1 Å². The maximum Gasteiger partial charge on any atom is 0 e. The normalized spacial score (nSPS) is 24.7. The van der Waals surface area contributed by atoms with E-state index in [-0.39, 0.29) is 17.1 Å². The first-order valence-electron chi connectivity index (χ1n) is 9.60. The van der Waals surface area contributed by atoms with Gasteiger partial charge in [-0.15, -0.1) is 7.92 Å². The first-order valence-corrected chi connectivity index (χ1v) is 11.9. The monoisotopic (exact) mass is 370 g/mol. The molecule has 0 amide bonds. The van der Waals surface area contributed by atoms with Crippen molar-refractivity contribution in [3.8, 4) is 0 Å². The predicted molar refractivity (Wildman–Crippen MR) is 103 cm³/mol. The number of hydrogen-bond donors (Lipinski definition) is 0. The Kier molecular flexibility index (Phi) is 16.4. The molecule has 0 aromatic carbocycles. The first kappa shape index (κ1) is 25.2.